The molecule has 0 bridgehead atoms. The Bertz CT molecular complexity index is 1270. The van der Waals surface area contributed by atoms with Gasteiger partial charge in [0, 0.05) is 10.9 Å². The minimum atomic E-state index is -3.75. The first-order valence-electron chi connectivity index (χ1n) is 10.4. The molecule has 8 heteroatoms. The maximum absolute atomic E-state index is 11.7. The van der Waals surface area contributed by atoms with Crippen LogP contribution < -0.4 is 14.9 Å². The number of halogens is 1. The number of ether oxygens (including phenoxy) is 1. The van der Waals surface area contributed by atoms with E-state index in [1.165, 1.54) is 17.7 Å². The molecular formula is C24H22BrN3O3S. The number of hydrogen-bond acceptors (Lipinski definition) is 5. The fraction of sp³-hybridized carbons (Fsp3) is 0.208. The first-order chi connectivity index (χ1) is 15.4. The van der Waals surface area contributed by atoms with Crippen LogP contribution in [0.15, 0.2) is 87.3 Å². The van der Waals surface area contributed by atoms with Crippen LogP contribution in [0, 0.1) is 0 Å². The van der Waals surface area contributed by atoms with E-state index in [0.717, 1.165) is 46.4 Å². The Morgan fingerprint density at radius 3 is 2.44 bits per heavy atom. The molecule has 0 aromatic heterocycles. The average Bonchev–Trinajstić information content (AvgIpc) is 3.24. The summed E-state index contributed by atoms with van der Waals surface area (Å²) in [5, 5.41) is 12.2. The first-order valence-corrected chi connectivity index (χ1v) is 12.7. The van der Waals surface area contributed by atoms with Crippen molar-refractivity contribution < 1.29 is 13.2 Å². The minimum absolute atomic E-state index is 0.0117. The van der Waals surface area contributed by atoms with Gasteiger partial charge in [0.2, 0.25) is 10.0 Å². The van der Waals surface area contributed by atoms with Crippen LogP contribution in [0.5, 0.6) is 5.75 Å². The van der Waals surface area contributed by atoms with E-state index < -0.39 is 10.0 Å². The number of rotatable bonds is 4. The Labute approximate surface area is 195 Å². The summed E-state index contributed by atoms with van der Waals surface area (Å²) in [6, 6.07) is 22.8. The second kappa shape index (κ2) is 8.35. The summed E-state index contributed by atoms with van der Waals surface area (Å²) in [6.45, 7) is 0. The lowest BCUT2D eigenvalue weighted by atomic mass is 9.93. The van der Waals surface area contributed by atoms with Gasteiger partial charge in [-0.3, -0.25) is 5.01 Å². The molecule has 164 valence electrons. The van der Waals surface area contributed by atoms with Crippen molar-refractivity contribution in [2.45, 2.75) is 36.3 Å². The maximum Gasteiger partial charge on any atom is 0.238 e. The largest absolute Gasteiger partial charge is 0.488 e. The minimum Gasteiger partial charge on any atom is -0.488 e. The standard InChI is InChI=1S/C24H22BrN3O3S/c25-18-8-5-16(6-9-18)21-15-22(24-14-7-17-3-1-2-4-23(17)31-24)28(27-21)19-10-12-20(13-11-19)32(26,29)30/h1-6,8-13,22,24H,7,14-15H2,(H2,26,29,30). The van der Waals surface area contributed by atoms with Crippen LogP contribution in [0.4, 0.5) is 5.69 Å². The number of anilines is 1. The molecule has 3 aromatic carbocycles. The monoisotopic (exact) mass is 511 g/mol. The highest BCUT2D eigenvalue weighted by Crippen LogP contribution is 2.36. The summed E-state index contributed by atoms with van der Waals surface area (Å²) < 4.78 is 30.8. The first kappa shape index (κ1) is 21.2. The zero-order valence-corrected chi connectivity index (χ0v) is 19.6. The zero-order chi connectivity index (χ0) is 22.3. The summed E-state index contributed by atoms with van der Waals surface area (Å²) in [6.07, 6.45) is 2.52. The summed E-state index contributed by atoms with van der Waals surface area (Å²) in [4.78, 5) is 0.0805. The van der Waals surface area contributed by atoms with Gasteiger partial charge in [-0.25, -0.2) is 13.6 Å². The van der Waals surface area contributed by atoms with Gasteiger partial charge in [0.25, 0.3) is 0 Å². The number of sulfonamides is 1. The molecule has 2 aliphatic rings. The van der Waals surface area contributed by atoms with E-state index in [2.05, 4.69) is 22.0 Å². The fourth-order valence-corrected chi connectivity index (χ4v) is 5.07. The number of nitrogens with two attached hydrogens (primary N) is 1. The van der Waals surface area contributed by atoms with Gasteiger partial charge in [0.15, 0.2) is 0 Å². The number of benzene rings is 3. The molecule has 0 radical (unpaired) electrons. The molecule has 6 nitrogen and oxygen atoms in total. The van der Waals surface area contributed by atoms with Crippen molar-refractivity contribution in [2.75, 3.05) is 5.01 Å². The number of fused-ring (bicyclic) bond motifs is 1. The summed E-state index contributed by atoms with van der Waals surface area (Å²) in [5.41, 5.74) is 4.05. The van der Waals surface area contributed by atoms with E-state index in [0.29, 0.717) is 0 Å². The van der Waals surface area contributed by atoms with E-state index in [-0.39, 0.29) is 17.0 Å². The average molecular weight is 512 g/mol. The number of nitrogens with zero attached hydrogens (tertiary/aromatic N) is 2. The summed E-state index contributed by atoms with van der Waals surface area (Å²) >= 11 is 3.49. The van der Waals surface area contributed by atoms with Crippen LogP contribution >= 0.6 is 15.9 Å². The van der Waals surface area contributed by atoms with Crippen molar-refractivity contribution in [3.05, 3.63) is 88.4 Å². The van der Waals surface area contributed by atoms with Gasteiger partial charge in [-0.15, -0.1) is 0 Å². The van der Waals surface area contributed by atoms with Crippen molar-refractivity contribution in [3.63, 3.8) is 0 Å². The second-order valence-electron chi connectivity index (χ2n) is 8.01. The van der Waals surface area contributed by atoms with E-state index in [1.807, 2.05) is 47.5 Å². The molecule has 2 atom stereocenters. The molecule has 0 fully saturated rings. The van der Waals surface area contributed by atoms with Crippen molar-refractivity contribution in [3.8, 4) is 5.75 Å². The molecule has 2 unspecified atom stereocenters. The molecule has 0 spiro atoms. The lowest BCUT2D eigenvalue weighted by molar-refractivity contribution is 0.146. The Morgan fingerprint density at radius 1 is 1.00 bits per heavy atom. The van der Waals surface area contributed by atoms with Crippen LogP contribution in [0.3, 0.4) is 0 Å². The number of para-hydroxylation sites is 1. The SMILES string of the molecule is NS(=O)(=O)c1ccc(N2N=C(c3ccc(Br)cc3)CC2C2CCc3ccccc3O2)cc1. The van der Waals surface area contributed by atoms with Gasteiger partial charge in [0.05, 0.1) is 22.3 Å². The highest BCUT2D eigenvalue weighted by Gasteiger charge is 2.38. The highest BCUT2D eigenvalue weighted by molar-refractivity contribution is 9.10. The predicted octanol–water partition coefficient (Wildman–Crippen LogP) is 4.47. The third-order valence-corrected chi connectivity index (χ3v) is 7.39. The highest BCUT2D eigenvalue weighted by atomic mass is 79.9. The molecule has 0 amide bonds. The molecule has 5 rings (SSSR count). The molecular weight excluding hydrogens is 490 g/mol. The van der Waals surface area contributed by atoms with Gasteiger partial charge in [0.1, 0.15) is 11.9 Å². The quantitative estimate of drug-likeness (QED) is 0.559. The van der Waals surface area contributed by atoms with Crippen LogP contribution in [-0.4, -0.2) is 26.3 Å². The molecule has 0 aliphatic carbocycles. The zero-order valence-electron chi connectivity index (χ0n) is 17.2. The molecule has 0 saturated heterocycles. The van der Waals surface area contributed by atoms with Crippen molar-refractivity contribution in [1.82, 2.24) is 0 Å². The van der Waals surface area contributed by atoms with Gasteiger partial charge < -0.3 is 4.74 Å². The Hall–Kier alpha value is -2.68. The van der Waals surface area contributed by atoms with Crippen molar-refractivity contribution in [1.29, 1.82) is 0 Å². The lowest BCUT2D eigenvalue weighted by Crippen LogP contribution is -2.43. The fourth-order valence-electron chi connectivity index (χ4n) is 4.29. The number of hydrazone groups is 1. The van der Waals surface area contributed by atoms with E-state index in [4.69, 9.17) is 15.0 Å². The second-order valence-corrected chi connectivity index (χ2v) is 10.5. The van der Waals surface area contributed by atoms with Crippen LogP contribution in [0.1, 0.15) is 24.0 Å². The Balaban J connectivity index is 1.49. The normalized spacial score (nSPS) is 20.4. The number of primary sulfonamides is 1. The molecule has 2 aliphatic heterocycles. The van der Waals surface area contributed by atoms with Crippen molar-refractivity contribution >= 4 is 37.4 Å². The molecule has 0 saturated carbocycles. The van der Waals surface area contributed by atoms with Crippen LogP contribution in [-0.2, 0) is 16.4 Å². The Kier molecular flexibility index (Phi) is 5.53. The molecule has 32 heavy (non-hydrogen) atoms. The topological polar surface area (TPSA) is 85.0 Å². The number of hydrogen-bond donors (Lipinski definition) is 1. The molecule has 2 heterocycles. The van der Waals surface area contributed by atoms with Gasteiger partial charge in [-0.1, -0.05) is 46.3 Å². The Morgan fingerprint density at radius 2 is 1.72 bits per heavy atom. The molecule has 3 aromatic rings. The molecule has 2 N–H and O–H groups in total. The van der Waals surface area contributed by atoms with Gasteiger partial charge in [-0.05, 0) is 66.4 Å². The smallest absolute Gasteiger partial charge is 0.238 e. The van der Waals surface area contributed by atoms with E-state index in [1.54, 1.807) is 12.1 Å². The van der Waals surface area contributed by atoms with Gasteiger partial charge in [-0.2, -0.15) is 5.10 Å². The number of aryl methyl sites for hydroxylation is 1. The maximum atomic E-state index is 11.7. The van der Waals surface area contributed by atoms with E-state index in [9.17, 15) is 8.42 Å². The van der Waals surface area contributed by atoms with Crippen LogP contribution in [0.25, 0.3) is 0 Å². The third-order valence-electron chi connectivity index (χ3n) is 5.93. The third kappa shape index (κ3) is 4.18. The summed E-state index contributed by atoms with van der Waals surface area (Å²) in [5.74, 6) is 0.922. The van der Waals surface area contributed by atoms with E-state index >= 15 is 0 Å². The van der Waals surface area contributed by atoms with Crippen molar-refractivity contribution in [2.24, 2.45) is 10.2 Å². The predicted molar refractivity (Wildman–Crippen MR) is 129 cm³/mol. The van der Waals surface area contributed by atoms with Gasteiger partial charge >= 0.3 is 0 Å². The lowest BCUT2D eigenvalue weighted by Gasteiger charge is -2.34. The summed E-state index contributed by atoms with van der Waals surface area (Å²) in [7, 11) is -3.75. The van der Waals surface area contributed by atoms with Crippen LogP contribution in [0.2, 0.25) is 0 Å².